The van der Waals surface area contributed by atoms with Crippen LogP contribution in [0.3, 0.4) is 0 Å². The van der Waals surface area contributed by atoms with Crippen molar-refractivity contribution in [2.75, 3.05) is 0 Å². The van der Waals surface area contributed by atoms with E-state index >= 15 is 0 Å². The van der Waals surface area contributed by atoms with Gasteiger partial charge >= 0.3 is 0 Å². The highest BCUT2D eigenvalue weighted by Crippen LogP contribution is 2.26. The normalized spacial score (nSPS) is 15.7. The minimum atomic E-state index is -0.307. The fraction of sp³-hybridized carbons (Fsp3) is 0.125. The maximum absolute atomic E-state index is 11.5. The molecule has 1 aromatic heterocycles. The summed E-state index contributed by atoms with van der Waals surface area (Å²) in [5.41, 5.74) is 0.366. The van der Waals surface area contributed by atoms with Crippen LogP contribution in [0.2, 0.25) is 0 Å². The zero-order valence-corrected chi connectivity index (χ0v) is 8.21. The van der Waals surface area contributed by atoms with E-state index in [0.29, 0.717) is 5.76 Å². The summed E-state index contributed by atoms with van der Waals surface area (Å²) in [4.78, 5) is 22.8. The first-order valence-corrected chi connectivity index (χ1v) is 4.33. The van der Waals surface area contributed by atoms with Crippen LogP contribution in [0.15, 0.2) is 15.1 Å². The van der Waals surface area contributed by atoms with Crippen molar-refractivity contribution in [2.24, 2.45) is 0 Å². The van der Waals surface area contributed by atoms with E-state index in [2.05, 4.69) is 21.1 Å². The highest BCUT2D eigenvalue weighted by molar-refractivity contribution is 9.12. The van der Waals surface area contributed by atoms with Gasteiger partial charge in [0.2, 0.25) is 11.6 Å². The molecule has 0 spiro atoms. The van der Waals surface area contributed by atoms with Crippen LogP contribution in [0.5, 0.6) is 0 Å². The molecular formula is C8H4BrNO3. The van der Waals surface area contributed by atoms with Crippen LogP contribution in [-0.2, 0) is 0 Å². The molecule has 0 N–H and O–H groups in total. The summed E-state index contributed by atoms with van der Waals surface area (Å²) in [7, 11) is 0. The monoisotopic (exact) mass is 241 g/mol. The Morgan fingerprint density at radius 2 is 2.15 bits per heavy atom. The average molecular weight is 242 g/mol. The minimum absolute atomic E-state index is 0.103. The lowest BCUT2D eigenvalue weighted by Gasteiger charge is -2.03. The molecule has 0 amide bonds. The molecular weight excluding hydrogens is 238 g/mol. The second-order valence-corrected chi connectivity index (χ2v) is 3.50. The van der Waals surface area contributed by atoms with Crippen LogP contribution < -0.4 is 0 Å². The highest BCUT2D eigenvalue weighted by Gasteiger charge is 2.30. The van der Waals surface area contributed by atoms with Crippen molar-refractivity contribution < 1.29 is 14.1 Å². The van der Waals surface area contributed by atoms with Crippen LogP contribution in [0, 0.1) is 6.92 Å². The predicted octanol–water partition coefficient (Wildman–Crippen LogP) is 1.64. The molecule has 13 heavy (non-hydrogen) atoms. The second kappa shape index (κ2) is 2.63. The second-order valence-electron chi connectivity index (χ2n) is 2.65. The Morgan fingerprint density at radius 3 is 2.85 bits per heavy atom. The van der Waals surface area contributed by atoms with Gasteiger partial charge in [-0.25, -0.2) is 0 Å². The van der Waals surface area contributed by atoms with Crippen LogP contribution in [0.25, 0.3) is 0 Å². The molecule has 1 aliphatic rings. The molecule has 4 nitrogen and oxygen atoms in total. The third kappa shape index (κ3) is 1.07. The number of Topliss-reactive ketones (excluding diaryl/α,β-unsaturated/α-hetero) is 1. The summed E-state index contributed by atoms with van der Waals surface area (Å²) in [5, 5.41) is 3.51. The van der Waals surface area contributed by atoms with E-state index in [1.165, 1.54) is 6.08 Å². The molecule has 0 aliphatic heterocycles. The smallest absolute Gasteiger partial charge is 0.209 e. The number of rotatable bonds is 0. The van der Waals surface area contributed by atoms with E-state index in [1.807, 2.05) is 0 Å². The average Bonchev–Trinajstić information content (AvgIpc) is 2.44. The topological polar surface area (TPSA) is 60.2 Å². The fourth-order valence-electron chi connectivity index (χ4n) is 1.18. The third-order valence-electron chi connectivity index (χ3n) is 1.80. The third-order valence-corrected chi connectivity index (χ3v) is 2.39. The largest absolute Gasteiger partial charge is 0.360 e. The van der Waals surface area contributed by atoms with Crippen LogP contribution in [0.4, 0.5) is 0 Å². The van der Waals surface area contributed by atoms with Gasteiger partial charge in [-0.2, -0.15) is 0 Å². The zero-order valence-electron chi connectivity index (χ0n) is 6.63. The number of carbonyl (C=O) groups is 2. The number of allylic oxidation sites excluding steroid dienone is 2. The summed E-state index contributed by atoms with van der Waals surface area (Å²) in [6.45, 7) is 1.60. The number of aryl methyl sites for hydroxylation is 1. The molecule has 0 radical (unpaired) electrons. The molecule has 0 atom stereocenters. The predicted molar refractivity (Wildman–Crippen MR) is 46.9 cm³/mol. The molecule has 1 aromatic rings. The van der Waals surface area contributed by atoms with Crippen LogP contribution in [-0.4, -0.2) is 16.7 Å². The van der Waals surface area contributed by atoms with E-state index in [1.54, 1.807) is 6.92 Å². The molecule has 0 fully saturated rings. The Morgan fingerprint density at radius 1 is 1.46 bits per heavy atom. The first-order chi connectivity index (χ1) is 6.11. The van der Waals surface area contributed by atoms with Gasteiger partial charge < -0.3 is 4.52 Å². The Kier molecular flexibility index (Phi) is 1.69. The van der Waals surface area contributed by atoms with Crippen LogP contribution >= 0.6 is 15.9 Å². The number of fused-ring (bicyclic) bond motifs is 1. The maximum atomic E-state index is 11.5. The Balaban J connectivity index is 2.72. The van der Waals surface area contributed by atoms with Gasteiger partial charge in [0.25, 0.3) is 0 Å². The van der Waals surface area contributed by atoms with Gasteiger partial charge in [0.05, 0.1) is 10.0 Å². The van der Waals surface area contributed by atoms with Crippen molar-refractivity contribution in [1.82, 2.24) is 5.16 Å². The molecule has 2 rings (SSSR count). The Bertz CT molecular complexity index is 444. The van der Waals surface area contributed by atoms with Gasteiger partial charge in [0.15, 0.2) is 5.69 Å². The van der Waals surface area contributed by atoms with Crippen molar-refractivity contribution in [3.63, 3.8) is 0 Å². The van der Waals surface area contributed by atoms with Crippen molar-refractivity contribution in [1.29, 1.82) is 0 Å². The van der Waals surface area contributed by atoms with Gasteiger partial charge in [-0.15, -0.1) is 0 Å². The summed E-state index contributed by atoms with van der Waals surface area (Å²) in [6, 6.07) is 0. The molecule has 66 valence electrons. The number of nitrogens with zero attached hydrogens (tertiary/aromatic N) is 1. The van der Waals surface area contributed by atoms with Gasteiger partial charge in [-0.1, -0.05) is 5.16 Å². The number of hydrogen-bond donors (Lipinski definition) is 0. The molecule has 0 saturated heterocycles. The maximum Gasteiger partial charge on any atom is 0.209 e. The van der Waals surface area contributed by atoms with Gasteiger partial charge in [0, 0.05) is 6.08 Å². The summed E-state index contributed by atoms with van der Waals surface area (Å²) < 4.78 is 5.01. The number of halogens is 1. The quantitative estimate of drug-likeness (QED) is 0.693. The first kappa shape index (κ1) is 8.37. The zero-order chi connectivity index (χ0) is 9.59. The number of aromatic nitrogens is 1. The van der Waals surface area contributed by atoms with E-state index in [4.69, 9.17) is 4.52 Å². The van der Waals surface area contributed by atoms with E-state index in [-0.39, 0.29) is 27.3 Å². The summed E-state index contributed by atoms with van der Waals surface area (Å²) in [6.07, 6.45) is 1.20. The summed E-state index contributed by atoms with van der Waals surface area (Å²) in [5.74, 6) is -0.190. The van der Waals surface area contributed by atoms with Crippen molar-refractivity contribution in [3.05, 3.63) is 27.6 Å². The molecule has 5 heteroatoms. The van der Waals surface area contributed by atoms with Crippen LogP contribution in [0.1, 0.15) is 26.6 Å². The number of ketones is 2. The van der Waals surface area contributed by atoms with Crippen molar-refractivity contribution in [2.45, 2.75) is 6.92 Å². The van der Waals surface area contributed by atoms with E-state index < -0.39 is 0 Å². The molecule has 0 saturated carbocycles. The first-order valence-electron chi connectivity index (χ1n) is 3.53. The number of hydrogen-bond acceptors (Lipinski definition) is 4. The molecule has 1 aliphatic carbocycles. The van der Waals surface area contributed by atoms with Gasteiger partial charge in [-0.05, 0) is 22.9 Å². The molecule has 0 unspecified atom stereocenters. The van der Waals surface area contributed by atoms with Gasteiger partial charge in [-0.3, -0.25) is 9.59 Å². The van der Waals surface area contributed by atoms with Gasteiger partial charge in [0.1, 0.15) is 5.76 Å². The summed E-state index contributed by atoms with van der Waals surface area (Å²) >= 11 is 3.00. The Labute approximate surface area is 81.7 Å². The highest BCUT2D eigenvalue weighted by atomic mass is 79.9. The van der Waals surface area contributed by atoms with Crippen molar-refractivity contribution >= 4 is 27.5 Å². The molecule has 0 bridgehead atoms. The SMILES string of the molecule is Cc1onc2c1C(=O)C(Br)=CC2=O. The standard InChI is InChI=1S/C8H4BrNO3/c1-3-6-7(10-13-3)5(11)2-4(9)8(6)12/h2H,1H3. The molecule has 1 heterocycles. The Hall–Kier alpha value is -1.23. The lowest BCUT2D eigenvalue weighted by molar-refractivity contribution is 0.0989. The lowest BCUT2D eigenvalue weighted by atomic mass is 10.0. The molecule has 0 aromatic carbocycles. The van der Waals surface area contributed by atoms with E-state index in [0.717, 1.165) is 0 Å². The lowest BCUT2D eigenvalue weighted by Crippen LogP contribution is -2.13. The van der Waals surface area contributed by atoms with E-state index in [9.17, 15) is 9.59 Å². The number of carbonyl (C=O) groups excluding carboxylic acids is 2. The van der Waals surface area contributed by atoms with Crippen molar-refractivity contribution in [3.8, 4) is 0 Å². The minimum Gasteiger partial charge on any atom is -0.360 e. The fourth-order valence-corrected chi connectivity index (χ4v) is 1.58.